The summed E-state index contributed by atoms with van der Waals surface area (Å²) in [5.41, 5.74) is 1.19. The summed E-state index contributed by atoms with van der Waals surface area (Å²) in [5, 5.41) is 0. The molecule has 0 bridgehead atoms. The van der Waals surface area contributed by atoms with Gasteiger partial charge in [-0.25, -0.2) is 0 Å². The van der Waals surface area contributed by atoms with E-state index >= 15 is 0 Å². The van der Waals surface area contributed by atoms with E-state index < -0.39 is 0 Å². The molecule has 2 rings (SSSR count). The molecule has 0 spiro atoms. The summed E-state index contributed by atoms with van der Waals surface area (Å²) < 4.78 is 16.3. The summed E-state index contributed by atoms with van der Waals surface area (Å²) in [6.07, 6.45) is 1.22. The van der Waals surface area contributed by atoms with E-state index in [2.05, 4.69) is 23.6 Å². The van der Waals surface area contributed by atoms with Gasteiger partial charge < -0.3 is 14.2 Å². The van der Waals surface area contributed by atoms with Gasteiger partial charge in [-0.2, -0.15) is 0 Å². The molecule has 5 nitrogen and oxygen atoms in total. The molecule has 0 unspecified atom stereocenters. The van der Waals surface area contributed by atoms with Gasteiger partial charge in [-0.15, -0.1) is 0 Å². The Kier molecular flexibility index (Phi) is 6.54. The van der Waals surface area contributed by atoms with Crippen LogP contribution in [0.5, 0.6) is 17.2 Å². The highest BCUT2D eigenvalue weighted by Crippen LogP contribution is 2.38. The second kappa shape index (κ2) is 8.41. The first-order valence-corrected chi connectivity index (χ1v) is 8.38. The first-order valence-electron chi connectivity index (χ1n) is 8.38. The Balaban J connectivity index is 2.04. The predicted octanol–water partition coefficient (Wildman–Crippen LogP) is 2.63. The standard InChI is InChI=1S/C18H30N2O3/c1-6-14(2)20-9-7-19(8-10-20)13-15-11-16(21-3)18(23-5)17(12-15)22-4/h11-12,14H,6-10,13H2,1-5H3/t14-/m0/s1. The van der Waals surface area contributed by atoms with Gasteiger partial charge in [0.1, 0.15) is 0 Å². The molecule has 0 saturated carbocycles. The van der Waals surface area contributed by atoms with Crippen molar-refractivity contribution in [1.82, 2.24) is 9.80 Å². The first-order chi connectivity index (χ1) is 11.1. The van der Waals surface area contributed by atoms with Crippen molar-refractivity contribution in [1.29, 1.82) is 0 Å². The lowest BCUT2D eigenvalue weighted by Crippen LogP contribution is -2.48. The van der Waals surface area contributed by atoms with E-state index in [1.165, 1.54) is 12.0 Å². The lowest BCUT2D eigenvalue weighted by atomic mass is 10.1. The summed E-state index contributed by atoms with van der Waals surface area (Å²) in [5.74, 6) is 2.10. The number of ether oxygens (including phenoxy) is 3. The summed E-state index contributed by atoms with van der Waals surface area (Å²) in [7, 11) is 4.95. The van der Waals surface area contributed by atoms with Gasteiger partial charge in [0.25, 0.3) is 0 Å². The molecule has 5 heteroatoms. The molecule has 1 aliphatic rings. The molecule has 1 saturated heterocycles. The van der Waals surface area contributed by atoms with Crippen LogP contribution in [-0.2, 0) is 6.54 Å². The summed E-state index contributed by atoms with van der Waals surface area (Å²) in [4.78, 5) is 5.06. The van der Waals surface area contributed by atoms with E-state index in [-0.39, 0.29) is 0 Å². The topological polar surface area (TPSA) is 34.2 Å². The molecule has 1 aromatic rings. The van der Waals surface area contributed by atoms with Gasteiger partial charge in [0.15, 0.2) is 11.5 Å². The van der Waals surface area contributed by atoms with Crippen molar-refractivity contribution in [3.8, 4) is 17.2 Å². The van der Waals surface area contributed by atoms with E-state index in [0.29, 0.717) is 11.8 Å². The van der Waals surface area contributed by atoms with E-state index in [4.69, 9.17) is 14.2 Å². The summed E-state index contributed by atoms with van der Waals surface area (Å²) in [6.45, 7) is 9.95. The van der Waals surface area contributed by atoms with Crippen LogP contribution < -0.4 is 14.2 Å². The fourth-order valence-corrected chi connectivity index (χ4v) is 3.11. The quantitative estimate of drug-likeness (QED) is 0.771. The third-order valence-corrected chi connectivity index (χ3v) is 4.75. The first kappa shape index (κ1) is 17.9. The molecule has 0 amide bonds. The van der Waals surface area contributed by atoms with Crippen molar-refractivity contribution in [2.24, 2.45) is 0 Å². The molecule has 130 valence electrons. The monoisotopic (exact) mass is 322 g/mol. The van der Waals surface area contributed by atoms with Crippen molar-refractivity contribution < 1.29 is 14.2 Å². The van der Waals surface area contributed by atoms with Gasteiger partial charge in [-0.1, -0.05) is 6.92 Å². The molecule has 1 fully saturated rings. The van der Waals surface area contributed by atoms with Crippen LogP contribution in [0.1, 0.15) is 25.8 Å². The molecule has 23 heavy (non-hydrogen) atoms. The summed E-state index contributed by atoms with van der Waals surface area (Å²) in [6, 6.07) is 4.77. The Morgan fingerprint density at radius 2 is 1.52 bits per heavy atom. The number of hydrogen-bond donors (Lipinski definition) is 0. The van der Waals surface area contributed by atoms with Crippen molar-refractivity contribution in [2.45, 2.75) is 32.9 Å². The highest BCUT2D eigenvalue weighted by Gasteiger charge is 2.21. The van der Waals surface area contributed by atoms with Gasteiger partial charge in [0, 0.05) is 38.8 Å². The fourth-order valence-electron chi connectivity index (χ4n) is 3.11. The second-order valence-electron chi connectivity index (χ2n) is 6.10. The molecule has 0 aromatic heterocycles. The highest BCUT2D eigenvalue weighted by atomic mass is 16.5. The van der Waals surface area contributed by atoms with Crippen LogP contribution in [-0.4, -0.2) is 63.4 Å². The predicted molar refractivity (Wildman–Crippen MR) is 92.7 cm³/mol. The molecule has 1 heterocycles. The smallest absolute Gasteiger partial charge is 0.203 e. The number of methoxy groups -OCH3 is 3. The Labute approximate surface area is 140 Å². The van der Waals surface area contributed by atoms with Crippen LogP contribution in [0.4, 0.5) is 0 Å². The normalized spacial score (nSPS) is 17.8. The number of nitrogens with zero attached hydrogens (tertiary/aromatic N) is 2. The molecule has 1 aromatic carbocycles. The zero-order valence-corrected chi connectivity index (χ0v) is 15.1. The SMILES string of the molecule is CC[C@H](C)N1CCN(Cc2cc(OC)c(OC)c(OC)c2)CC1. The Morgan fingerprint density at radius 1 is 0.957 bits per heavy atom. The van der Waals surface area contributed by atoms with Gasteiger partial charge >= 0.3 is 0 Å². The molecule has 0 radical (unpaired) electrons. The molecular weight excluding hydrogens is 292 g/mol. The third kappa shape index (κ3) is 4.30. The van der Waals surface area contributed by atoms with Crippen LogP contribution in [0.2, 0.25) is 0 Å². The van der Waals surface area contributed by atoms with Crippen molar-refractivity contribution in [3.63, 3.8) is 0 Å². The molecular formula is C18H30N2O3. The average molecular weight is 322 g/mol. The second-order valence-corrected chi connectivity index (χ2v) is 6.10. The molecule has 1 atom stereocenters. The largest absolute Gasteiger partial charge is 0.493 e. The van der Waals surface area contributed by atoms with Crippen LogP contribution in [0.15, 0.2) is 12.1 Å². The maximum Gasteiger partial charge on any atom is 0.203 e. The van der Waals surface area contributed by atoms with Gasteiger partial charge in [-0.05, 0) is 31.0 Å². The number of benzene rings is 1. The number of piperazine rings is 1. The maximum atomic E-state index is 5.44. The van der Waals surface area contributed by atoms with Crippen LogP contribution in [0.3, 0.4) is 0 Å². The van der Waals surface area contributed by atoms with E-state index in [0.717, 1.165) is 44.2 Å². The van der Waals surface area contributed by atoms with Gasteiger partial charge in [-0.3, -0.25) is 9.80 Å². The average Bonchev–Trinajstić information content (AvgIpc) is 2.60. The van der Waals surface area contributed by atoms with Crippen LogP contribution >= 0.6 is 0 Å². The van der Waals surface area contributed by atoms with Crippen molar-refractivity contribution in [3.05, 3.63) is 17.7 Å². The van der Waals surface area contributed by atoms with Crippen LogP contribution in [0, 0.1) is 0 Å². The minimum atomic E-state index is 0.653. The minimum absolute atomic E-state index is 0.653. The Morgan fingerprint density at radius 3 is 1.96 bits per heavy atom. The van der Waals surface area contributed by atoms with E-state index in [1.54, 1.807) is 21.3 Å². The number of hydrogen-bond acceptors (Lipinski definition) is 5. The van der Waals surface area contributed by atoms with E-state index in [9.17, 15) is 0 Å². The molecule has 0 N–H and O–H groups in total. The lowest BCUT2D eigenvalue weighted by Gasteiger charge is -2.37. The van der Waals surface area contributed by atoms with E-state index in [1.807, 2.05) is 12.1 Å². The zero-order valence-electron chi connectivity index (χ0n) is 15.1. The molecule has 1 aliphatic heterocycles. The molecule has 0 aliphatic carbocycles. The zero-order chi connectivity index (χ0) is 16.8. The van der Waals surface area contributed by atoms with Gasteiger partial charge in [0.2, 0.25) is 5.75 Å². The van der Waals surface area contributed by atoms with Crippen molar-refractivity contribution in [2.75, 3.05) is 47.5 Å². The van der Waals surface area contributed by atoms with Crippen molar-refractivity contribution >= 4 is 0 Å². The summed E-state index contributed by atoms with van der Waals surface area (Å²) >= 11 is 0. The lowest BCUT2D eigenvalue weighted by molar-refractivity contribution is 0.0962. The Bertz CT molecular complexity index is 474. The fraction of sp³-hybridized carbons (Fsp3) is 0.667. The van der Waals surface area contributed by atoms with Gasteiger partial charge in [0.05, 0.1) is 21.3 Å². The maximum absolute atomic E-state index is 5.44. The minimum Gasteiger partial charge on any atom is -0.493 e. The van der Waals surface area contributed by atoms with Crippen LogP contribution in [0.25, 0.3) is 0 Å². The highest BCUT2D eigenvalue weighted by molar-refractivity contribution is 5.53. The Hall–Kier alpha value is -1.46. The number of rotatable bonds is 7. The third-order valence-electron chi connectivity index (χ3n) is 4.75.